The summed E-state index contributed by atoms with van der Waals surface area (Å²) < 4.78 is 51.6. The van der Waals surface area contributed by atoms with Crippen molar-refractivity contribution in [3.05, 3.63) is 6.33 Å². The molecule has 0 aliphatic carbocycles. The highest BCUT2D eigenvalue weighted by atomic mass is 32.2. The van der Waals surface area contributed by atoms with Crippen molar-refractivity contribution in [1.82, 2.24) is 23.8 Å². The number of hydrogen-bond acceptors (Lipinski definition) is 6. The van der Waals surface area contributed by atoms with Crippen molar-refractivity contribution >= 4 is 20.0 Å². The lowest BCUT2D eigenvalue weighted by Gasteiger charge is -2.14. The second-order valence-corrected chi connectivity index (χ2v) is 7.94. The average molecular weight is 309 g/mol. The maximum atomic E-state index is 11.8. The number of hydrogen-bond donors (Lipinski definition) is 1. The van der Waals surface area contributed by atoms with Gasteiger partial charge < -0.3 is 4.57 Å². The molecule has 1 aliphatic rings. The maximum absolute atomic E-state index is 11.8. The van der Waals surface area contributed by atoms with Crippen molar-refractivity contribution in [2.24, 2.45) is 7.05 Å². The first kappa shape index (κ1) is 14.4. The number of aromatic nitrogens is 3. The van der Waals surface area contributed by atoms with E-state index in [0.29, 0.717) is 13.0 Å². The Kier molecular flexibility index (Phi) is 3.90. The molecule has 11 heteroatoms. The predicted octanol–water partition coefficient (Wildman–Crippen LogP) is -1.87. The van der Waals surface area contributed by atoms with Crippen LogP contribution in [0.25, 0.3) is 0 Å². The van der Waals surface area contributed by atoms with Gasteiger partial charge in [-0.2, -0.15) is 0 Å². The summed E-state index contributed by atoms with van der Waals surface area (Å²) in [5.74, 6) is 0.128. The predicted molar refractivity (Wildman–Crippen MR) is 66.2 cm³/mol. The van der Waals surface area contributed by atoms with E-state index in [1.807, 2.05) is 0 Å². The zero-order chi connectivity index (χ0) is 14.1. The zero-order valence-electron chi connectivity index (χ0n) is 10.4. The zero-order valence-corrected chi connectivity index (χ0v) is 12.0. The minimum absolute atomic E-state index is 0.00836. The van der Waals surface area contributed by atoms with E-state index in [1.165, 1.54) is 22.2 Å². The monoisotopic (exact) mass is 309 g/mol. The molecule has 0 atom stereocenters. The third-order valence-electron chi connectivity index (χ3n) is 2.77. The number of nitrogens with one attached hydrogen (secondary N) is 1. The van der Waals surface area contributed by atoms with E-state index in [4.69, 9.17) is 0 Å². The van der Waals surface area contributed by atoms with Crippen LogP contribution in [0.1, 0.15) is 6.42 Å². The lowest BCUT2D eigenvalue weighted by Crippen LogP contribution is -2.36. The summed E-state index contributed by atoms with van der Waals surface area (Å²) in [6.45, 7) is 0.571. The van der Waals surface area contributed by atoms with Crippen LogP contribution >= 0.6 is 0 Å². The van der Waals surface area contributed by atoms with Crippen LogP contribution in [0.3, 0.4) is 0 Å². The summed E-state index contributed by atoms with van der Waals surface area (Å²) in [4.78, 5) is 0. The summed E-state index contributed by atoms with van der Waals surface area (Å²) in [5, 5.41) is 6.78. The van der Waals surface area contributed by atoms with Crippen molar-refractivity contribution in [1.29, 1.82) is 0 Å². The van der Waals surface area contributed by atoms with E-state index in [2.05, 4.69) is 14.9 Å². The van der Waals surface area contributed by atoms with Crippen LogP contribution in [-0.4, -0.2) is 61.3 Å². The Morgan fingerprint density at radius 1 is 1.47 bits per heavy atom. The van der Waals surface area contributed by atoms with Gasteiger partial charge in [-0.3, -0.25) is 0 Å². The van der Waals surface area contributed by atoms with Gasteiger partial charge >= 0.3 is 0 Å². The Morgan fingerprint density at radius 3 is 2.74 bits per heavy atom. The quantitative estimate of drug-likeness (QED) is 0.681. The minimum atomic E-state index is -3.76. The van der Waals surface area contributed by atoms with E-state index in [0.717, 1.165) is 0 Å². The minimum Gasteiger partial charge on any atom is -0.306 e. The molecule has 0 aromatic carbocycles. The Labute approximate surface area is 111 Å². The van der Waals surface area contributed by atoms with Gasteiger partial charge in [0.2, 0.25) is 10.0 Å². The van der Waals surface area contributed by atoms with Crippen molar-refractivity contribution in [3.63, 3.8) is 0 Å². The molecule has 0 spiro atoms. The van der Waals surface area contributed by atoms with Gasteiger partial charge in [0.05, 0.1) is 5.75 Å². The molecule has 108 valence electrons. The number of rotatable bonds is 5. The van der Waals surface area contributed by atoms with Gasteiger partial charge in [-0.15, -0.1) is 10.2 Å². The van der Waals surface area contributed by atoms with E-state index < -0.39 is 20.0 Å². The number of nitrogens with zero attached hydrogens (tertiary/aromatic N) is 4. The van der Waals surface area contributed by atoms with E-state index in [9.17, 15) is 16.8 Å². The Hall–Kier alpha value is -1.04. The first-order chi connectivity index (χ1) is 8.83. The molecule has 1 aliphatic heterocycles. The van der Waals surface area contributed by atoms with Crippen LogP contribution in [0.4, 0.5) is 0 Å². The molecule has 19 heavy (non-hydrogen) atoms. The van der Waals surface area contributed by atoms with Gasteiger partial charge in [-0.1, -0.05) is 0 Å². The summed E-state index contributed by atoms with van der Waals surface area (Å²) in [6.07, 6.45) is 1.86. The van der Waals surface area contributed by atoms with Crippen molar-refractivity contribution in [3.8, 4) is 0 Å². The van der Waals surface area contributed by atoms with Gasteiger partial charge in [0, 0.05) is 26.7 Å². The molecular formula is C8H15N5O4S2. The summed E-state index contributed by atoms with van der Waals surface area (Å²) >= 11 is 0. The second kappa shape index (κ2) is 5.15. The van der Waals surface area contributed by atoms with Crippen LogP contribution in [0, 0.1) is 0 Å². The van der Waals surface area contributed by atoms with Crippen LogP contribution in [-0.2, 0) is 27.1 Å². The highest BCUT2D eigenvalue weighted by Crippen LogP contribution is 2.12. The molecular weight excluding hydrogens is 294 g/mol. The standard InChI is InChI=1S/C8H15N5O4S2/c1-12-7-9-11-8(12)19(16,17)10-3-5-13-4-2-6-18(13,14)15/h7,10H,2-6H2,1H3. The maximum Gasteiger partial charge on any atom is 0.276 e. The molecule has 1 fully saturated rings. The smallest absolute Gasteiger partial charge is 0.276 e. The van der Waals surface area contributed by atoms with Crippen LogP contribution in [0.2, 0.25) is 0 Å². The number of aryl methyl sites for hydroxylation is 1. The molecule has 1 N–H and O–H groups in total. The van der Waals surface area contributed by atoms with Gasteiger partial charge in [0.1, 0.15) is 6.33 Å². The molecule has 0 radical (unpaired) electrons. The molecule has 1 aromatic rings. The van der Waals surface area contributed by atoms with Crippen molar-refractivity contribution < 1.29 is 16.8 Å². The molecule has 9 nitrogen and oxygen atoms in total. The molecule has 1 aromatic heterocycles. The Morgan fingerprint density at radius 2 is 2.21 bits per heavy atom. The van der Waals surface area contributed by atoms with Gasteiger partial charge in [-0.05, 0) is 6.42 Å². The summed E-state index contributed by atoms with van der Waals surface area (Å²) in [7, 11) is -5.45. The lowest BCUT2D eigenvalue weighted by atomic mass is 10.5. The SMILES string of the molecule is Cn1cnnc1S(=O)(=O)NCCN1CCCS1(=O)=O. The molecule has 0 bridgehead atoms. The van der Waals surface area contributed by atoms with Crippen molar-refractivity contribution in [2.45, 2.75) is 11.6 Å². The largest absolute Gasteiger partial charge is 0.306 e. The van der Waals surface area contributed by atoms with Crippen LogP contribution in [0.15, 0.2) is 11.5 Å². The first-order valence-corrected chi connectivity index (χ1v) is 8.74. The third kappa shape index (κ3) is 3.11. The molecule has 2 rings (SSSR count). The Bertz CT molecular complexity index is 650. The van der Waals surface area contributed by atoms with Gasteiger partial charge in [0.15, 0.2) is 0 Å². The van der Waals surface area contributed by atoms with Crippen LogP contribution < -0.4 is 4.72 Å². The average Bonchev–Trinajstić information content (AvgIpc) is 2.86. The van der Waals surface area contributed by atoms with Crippen LogP contribution in [0.5, 0.6) is 0 Å². The molecule has 1 saturated heterocycles. The fourth-order valence-electron chi connectivity index (χ4n) is 1.83. The fraction of sp³-hybridized carbons (Fsp3) is 0.750. The fourth-order valence-corrected chi connectivity index (χ4v) is 4.43. The normalized spacial score (nSPS) is 19.8. The topological polar surface area (TPSA) is 114 Å². The molecule has 0 unspecified atom stereocenters. The van der Waals surface area contributed by atoms with E-state index in [1.54, 1.807) is 0 Å². The third-order valence-corrected chi connectivity index (χ3v) is 6.16. The summed E-state index contributed by atoms with van der Waals surface area (Å²) in [6, 6.07) is 0. The van der Waals surface area contributed by atoms with Gasteiger partial charge in [0.25, 0.3) is 15.2 Å². The number of sulfonamides is 2. The Balaban J connectivity index is 1.95. The highest BCUT2D eigenvalue weighted by Gasteiger charge is 2.28. The summed E-state index contributed by atoms with van der Waals surface area (Å²) in [5.41, 5.74) is 0. The molecule has 0 amide bonds. The van der Waals surface area contributed by atoms with Crippen molar-refractivity contribution in [2.75, 3.05) is 25.4 Å². The second-order valence-electron chi connectivity index (χ2n) is 4.19. The van der Waals surface area contributed by atoms with E-state index >= 15 is 0 Å². The molecule has 2 heterocycles. The lowest BCUT2D eigenvalue weighted by molar-refractivity contribution is 0.444. The van der Waals surface area contributed by atoms with E-state index in [-0.39, 0.29) is 24.0 Å². The highest BCUT2D eigenvalue weighted by molar-refractivity contribution is 7.89. The first-order valence-electron chi connectivity index (χ1n) is 5.64. The van der Waals surface area contributed by atoms with Gasteiger partial charge in [-0.25, -0.2) is 25.9 Å². The molecule has 0 saturated carbocycles.